The van der Waals surface area contributed by atoms with Gasteiger partial charge in [-0.1, -0.05) is 29.8 Å². The largest absolute Gasteiger partial charge is 0.339 e. The highest BCUT2D eigenvalue weighted by Crippen LogP contribution is 2.33. The highest BCUT2D eigenvalue weighted by molar-refractivity contribution is 7.10. The van der Waals surface area contributed by atoms with E-state index in [0.29, 0.717) is 0 Å². The van der Waals surface area contributed by atoms with Crippen LogP contribution in [0.15, 0.2) is 29.6 Å². The summed E-state index contributed by atoms with van der Waals surface area (Å²) in [6, 6.07) is 8.47. The number of rotatable bonds is 2. The van der Waals surface area contributed by atoms with Crippen LogP contribution in [0.3, 0.4) is 0 Å². The van der Waals surface area contributed by atoms with Crippen LogP contribution in [0.5, 0.6) is 0 Å². The van der Waals surface area contributed by atoms with Gasteiger partial charge in [-0.15, -0.1) is 11.3 Å². The Balaban J connectivity index is 1.96. The Morgan fingerprint density at radius 3 is 2.38 bits per heavy atom. The van der Waals surface area contributed by atoms with E-state index in [1.54, 1.807) is 11.3 Å². The minimum atomic E-state index is 0.203. The van der Waals surface area contributed by atoms with Crippen LogP contribution >= 0.6 is 11.3 Å². The first-order valence-electron chi connectivity index (χ1n) is 7.61. The van der Waals surface area contributed by atoms with Gasteiger partial charge in [0, 0.05) is 28.9 Å². The first kappa shape index (κ1) is 14.3. The third-order valence-electron chi connectivity index (χ3n) is 4.19. The average molecular weight is 299 g/mol. The number of benzene rings is 1. The normalized spacial score (nSPS) is 15.2. The second-order valence-corrected chi connectivity index (χ2v) is 6.88. The lowest BCUT2D eigenvalue weighted by Crippen LogP contribution is -2.35. The minimum absolute atomic E-state index is 0.203. The van der Waals surface area contributed by atoms with Crippen LogP contribution in [0, 0.1) is 13.8 Å². The van der Waals surface area contributed by atoms with Crippen LogP contribution in [-0.4, -0.2) is 23.9 Å². The summed E-state index contributed by atoms with van der Waals surface area (Å²) < 4.78 is 0. The van der Waals surface area contributed by atoms with Crippen LogP contribution in [0.4, 0.5) is 0 Å². The monoisotopic (exact) mass is 299 g/mol. The quantitative estimate of drug-likeness (QED) is 0.790. The molecular formula is C18H21NOS. The van der Waals surface area contributed by atoms with E-state index in [1.165, 1.54) is 16.9 Å². The molecule has 110 valence electrons. The zero-order valence-corrected chi connectivity index (χ0v) is 13.5. The van der Waals surface area contributed by atoms with E-state index in [0.717, 1.165) is 42.6 Å². The van der Waals surface area contributed by atoms with Crippen LogP contribution in [0.25, 0.3) is 11.1 Å². The Morgan fingerprint density at radius 2 is 1.71 bits per heavy atom. The van der Waals surface area contributed by atoms with E-state index in [1.807, 2.05) is 10.3 Å². The van der Waals surface area contributed by atoms with Gasteiger partial charge in [0.15, 0.2) is 0 Å². The molecule has 1 amide bonds. The molecule has 2 heterocycles. The minimum Gasteiger partial charge on any atom is -0.339 e. The summed E-state index contributed by atoms with van der Waals surface area (Å²) >= 11 is 1.67. The molecule has 0 bridgehead atoms. The fourth-order valence-corrected chi connectivity index (χ4v) is 3.82. The Kier molecular flexibility index (Phi) is 4.11. The van der Waals surface area contributed by atoms with Gasteiger partial charge < -0.3 is 4.90 Å². The molecule has 1 aromatic carbocycles. The van der Waals surface area contributed by atoms with Crippen molar-refractivity contribution in [2.75, 3.05) is 13.1 Å². The van der Waals surface area contributed by atoms with Crippen molar-refractivity contribution in [3.05, 3.63) is 45.6 Å². The standard InChI is InChI=1S/C18H21NOS/c1-13-6-8-15(9-7-13)17-14(2)21-12-16(17)18(20)19-10-4-3-5-11-19/h6-9,12H,3-5,10-11H2,1-2H3. The number of carbonyl (C=O) groups excluding carboxylic acids is 1. The molecule has 0 radical (unpaired) electrons. The highest BCUT2D eigenvalue weighted by Gasteiger charge is 2.23. The van der Waals surface area contributed by atoms with Gasteiger partial charge in [0.05, 0.1) is 5.56 Å². The maximum absolute atomic E-state index is 12.8. The van der Waals surface area contributed by atoms with E-state index < -0.39 is 0 Å². The molecule has 0 atom stereocenters. The maximum Gasteiger partial charge on any atom is 0.255 e. The SMILES string of the molecule is Cc1ccc(-c2c(C(=O)N3CCCCC3)csc2C)cc1. The molecule has 0 spiro atoms. The van der Waals surface area contributed by atoms with E-state index >= 15 is 0 Å². The maximum atomic E-state index is 12.8. The average Bonchev–Trinajstić information content (AvgIpc) is 2.90. The summed E-state index contributed by atoms with van der Waals surface area (Å²) in [6.07, 6.45) is 3.51. The third-order valence-corrected chi connectivity index (χ3v) is 5.10. The van der Waals surface area contributed by atoms with E-state index in [2.05, 4.69) is 38.1 Å². The van der Waals surface area contributed by atoms with Crippen LogP contribution < -0.4 is 0 Å². The number of amides is 1. The number of likely N-dealkylation sites (tertiary alicyclic amines) is 1. The van der Waals surface area contributed by atoms with Crippen molar-refractivity contribution >= 4 is 17.2 Å². The summed E-state index contributed by atoms with van der Waals surface area (Å²) in [5.74, 6) is 0.203. The van der Waals surface area contributed by atoms with Gasteiger partial charge in [0.1, 0.15) is 0 Å². The molecule has 1 fully saturated rings. The smallest absolute Gasteiger partial charge is 0.255 e. The number of piperidine rings is 1. The van der Waals surface area contributed by atoms with Crippen molar-refractivity contribution < 1.29 is 4.79 Å². The molecule has 2 nitrogen and oxygen atoms in total. The number of nitrogens with zero attached hydrogens (tertiary/aromatic N) is 1. The first-order valence-corrected chi connectivity index (χ1v) is 8.49. The topological polar surface area (TPSA) is 20.3 Å². The van der Waals surface area contributed by atoms with E-state index in [-0.39, 0.29) is 5.91 Å². The van der Waals surface area contributed by atoms with Crippen molar-refractivity contribution in [2.24, 2.45) is 0 Å². The zero-order chi connectivity index (χ0) is 14.8. The van der Waals surface area contributed by atoms with Crippen molar-refractivity contribution in [1.29, 1.82) is 0 Å². The zero-order valence-electron chi connectivity index (χ0n) is 12.7. The van der Waals surface area contributed by atoms with E-state index in [4.69, 9.17) is 0 Å². The molecule has 3 heteroatoms. The van der Waals surface area contributed by atoms with Gasteiger partial charge in [-0.3, -0.25) is 4.79 Å². The lowest BCUT2D eigenvalue weighted by Gasteiger charge is -2.27. The second-order valence-electron chi connectivity index (χ2n) is 5.80. The molecule has 0 N–H and O–H groups in total. The first-order chi connectivity index (χ1) is 10.2. The lowest BCUT2D eigenvalue weighted by molar-refractivity contribution is 0.0725. The van der Waals surface area contributed by atoms with Crippen molar-refractivity contribution in [3.63, 3.8) is 0 Å². The molecular weight excluding hydrogens is 278 g/mol. The molecule has 0 aliphatic carbocycles. The summed E-state index contributed by atoms with van der Waals surface area (Å²) in [4.78, 5) is 16.0. The summed E-state index contributed by atoms with van der Waals surface area (Å²) in [6.45, 7) is 6.00. The predicted octanol–water partition coefficient (Wildman–Crippen LogP) is 4.66. The summed E-state index contributed by atoms with van der Waals surface area (Å²) in [5, 5.41) is 2.03. The number of hydrogen-bond acceptors (Lipinski definition) is 2. The molecule has 1 saturated heterocycles. The van der Waals surface area contributed by atoms with Gasteiger partial charge >= 0.3 is 0 Å². The van der Waals surface area contributed by atoms with E-state index in [9.17, 15) is 4.79 Å². The molecule has 2 aromatic rings. The fourth-order valence-electron chi connectivity index (χ4n) is 2.96. The Bertz CT molecular complexity index is 636. The van der Waals surface area contributed by atoms with Gasteiger partial charge in [-0.2, -0.15) is 0 Å². The number of thiophene rings is 1. The van der Waals surface area contributed by atoms with Gasteiger partial charge in [-0.25, -0.2) is 0 Å². The van der Waals surface area contributed by atoms with Gasteiger partial charge in [-0.05, 0) is 38.7 Å². The summed E-state index contributed by atoms with van der Waals surface area (Å²) in [7, 11) is 0. The molecule has 3 rings (SSSR count). The van der Waals surface area contributed by atoms with Crippen LogP contribution in [0.2, 0.25) is 0 Å². The van der Waals surface area contributed by atoms with Crippen molar-refractivity contribution in [3.8, 4) is 11.1 Å². The fraction of sp³-hybridized carbons (Fsp3) is 0.389. The summed E-state index contributed by atoms with van der Waals surface area (Å²) in [5.41, 5.74) is 4.40. The molecule has 1 aliphatic rings. The number of hydrogen-bond donors (Lipinski definition) is 0. The third kappa shape index (κ3) is 2.88. The van der Waals surface area contributed by atoms with Crippen LogP contribution in [-0.2, 0) is 0 Å². The van der Waals surface area contributed by atoms with Crippen molar-refractivity contribution in [2.45, 2.75) is 33.1 Å². The Labute approximate surface area is 130 Å². The number of aryl methyl sites for hydroxylation is 2. The van der Waals surface area contributed by atoms with Crippen molar-refractivity contribution in [1.82, 2.24) is 4.90 Å². The molecule has 1 aliphatic heterocycles. The van der Waals surface area contributed by atoms with Gasteiger partial charge in [0.25, 0.3) is 5.91 Å². The Morgan fingerprint density at radius 1 is 1.05 bits per heavy atom. The molecule has 21 heavy (non-hydrogen) atoms. The predicted molar refractivity (Wildman–Crippen MR) is 89.0 cm³/mol. The molecule has 1 aromatic heterocycles. The lowest BCUT2D eigenvalue weighted by atomic mass is 9.99. The van der Waals surface area contributed by atoms with Crippen LogP contribution in [0.1, 0.15) is 40.1 Å². The second kappa shape index (κ2) is 6.02. The highest BCUT2D eigenvalue weighted by atomic mass is 32.1. The molecule has 0 unspecified atom stereocenters. The van der Waals surface area contributed by atoms with Gasteiger partial charge in [0.2, 0.25) is 0 Å². The Hall–Kier alpha value is -1.61. The number of carbonyl (C=O) groups is 1. The molecule has 0 saturated carbocycles.